The van der Waals surface area contributed by atoms with Crippen LogP contribution >= 0.6 is 38.5 Å². The van der Waals surface area contributed by atoms with Gasteiger partial charge in [-0.2, -0.15) is 0 Å². The van der Waals surface area contributed by atoms with Crippen molar-refractivity contribution < 1.29 is 19.8 Å². The van der Waals surface area contributed by atoms with Crippen molar-refractivity contribution in [1.29, 1.82) is 0 Å². The molecule has 2 aliphatic heterocycles. The van der Waals surface area contributed by atoms with Gasteiger partial charge in [-0.1, -0.05) is 71.4 Å². The molecule has 2 aliphatic rings. The van der Waals surface area contributed by atoms with Crippen LogP contribution in [0.4, 0.5) is 5.69 Å². The highest BCUT2D eigenvalue weighted by Gasteiger charge is 2.52. The molecule has 0 fully saturated rings. The van der Waals surface area contributed by atoms with Gasteiger partial charge in [-0.25, -0.2) is 0 Å². The number of amides is 2. The SMILES string of the molecule is C[C@H](/C=C/CC(=O)N1Cc2ccccc2C[C@H]1CO)[C@@]1(O)C(=O)N(Cc2ccc(I)cc2)c2ccc(Br)cc21. The summed E-state index contributed by atoms with van der Waals surface area (Å²) in [5.74, 6) is -1.06. The quantitative estimate of drug-likeness (QED) is 0.259. The first-order chi connectivity index (χ1) is 18.7. The van der Waals surface area contributed by atoms with Crippen LogP contribution in [0, 0.1) is 9.49 Å². The van der Waals surface area contributed by atoms with E-state index in [1.165, 1.54) is 0 Å². The fourth-order valence-corrected chi connectivity index (χ4v) is 6.24. The van der Waals surface area contributed by atoms with E-state index in [0.717, 1.165) is 24.7 Å². The average Bonchev–Trinajstić information content (AvgIpc) is 3.15. The van der Waals surface area contributed by atoms with Crippen LogP contribution < -0.4 is 4.90 Å². The summed E-state index contributed by atoms with van der Waals surface area (Å²) < 4.78 is 1.88. The lowest BCUT2D eigenvalue weighted by Gasteiger charge is -2.36. The minimum Gasteiger partial charge on any atom is -0.394 e. The Morgan fingerprint density at radius 2 is 1.87 bits per heavy atom. The molecule has 3 aromatic rings. The van der Waals surface area contributed by atoms with Crippen LogP contribution in [0.5, 0.6) is 0 Å². The van der Waals surface area contributed by atoms with E-state index in [0.29, 0.717) is 30.8 Å². The number of nitrogens with zero attached hydrogens (tertiary/aromatic N) is 2. The molecule has 2 N–H and O–H groups in total. The van der Waals surface area contributed by atoms with Gasteiger partial charge in [-0.3, -0.25) is 9.59 Å². The van der Waals surface area contributed by atoms with Gasteiger partial charge in [0, 0.05) is 32.5 Å². The Balaban J connectivity index is 1.34. The molecule has 0 saturated heterocycles. The third-order valence-electron chi connectivity index (χ3n) is 7.75. The molecule has 5 rings (SSSR count). The van der Waals surface area contributed by atoms with Crippen LogP contribution in [-0.4, -0.2) is 39.6 Å². The summed E-state index contributed by atoms with van der Waals surface area (Å²) in [7, 11) is 0. The minimum absolute atomic E-state index is 0.0970. The van der Waals surface area contributed by atoms with Gasteiger partial charge in [0.1, 0.15) is 0 Å². The van der Waals surface area contributed by atoms with Gasteiger partial charge in [0.2, 0.25) is 5.91 Å². The smallest absolute Gasteiger partial charge is 0.264 e. The number of hydrogen-bond acceptors (Lipinski definition) is 4. The lowest BCUT2D eigenvalue weighted by molar-refractivity contribution is -0.139. The number of fused-ring (bicyclic) bond motifs is 2. The van der Waals surface area contributed by atoms with E-state index in [1.54, 1.807) is 34.9 Å². The lowest BCUT2D eigenvalue weighted by Crippen LogP contribution is -2.46. The molecule has 0 aromatic heterocycles. The molecule has 39 heavy (non-hydrogen) atoms. The number of anilines is 1. The third-order valence-corrected chi connectivity index (χ3v) is 8.96. The normalized spacial score (nSPS) is 21.3. The molecule has 2 amide bonds. The van der Waals surface area contributed by atoms with Gasteiger partial charge in [0.15, 0.2) is 5.60 Å². The van der Waals surface area contributed by atoms with Crippen molar-refractivity contribution in [1.82, 2.24) is 4.90 Å². The highest BCUT2D eigenvalue weighted by Crippen LogP contribution is 2.46. The van der Waals surface area contributed by atoms with E-state index in [9.17, 15) is 19.8 Å². The van der Waals surface area contributed by atoms with E-state index in [1.807, 2.05) is 60.7 Å². The summed E-state index contributed by atoms with van der Waals surface area (Å²) in [4.78, 5) is 30.3. The van der Waals surface area contributed by atoms with Gasteiger partial charge in [0.05, 0.1) is 24.9 Å². The number of hydrogen-bond donors (Lipinski definition) is 2. The van der Waals surface area contributed by atoms with E-state index in [-0.39, 0.29) is 30.9 Å². The fraction of sp³-hybridized carbons (Fsp3) is 0.290. The summed E-state index contributed by atoms with van der Waals surface area (Å²) in [5.41, 5.74) is 2.68. The maximum absolute atomic E-state index is 13.8. The summed E-state index contributed by atoms with van der Waals surface area (Å²) in [6.45, 7) is 2.50. The fourth-order valence-electron chi connectivity index (χ4n) is 5.52. The molecule has 0 bridgehead atoms. The molecule has 0 radical (unpaired) electrons. The molecule has 0 saturated carbocycles. The first kappa shape index (κ1) is 28.0. The van der Waals surface area contributed by atoms with Gasteiger partial charge in [-0.15, -0.1) is 0 Å². The largest absolute Gasteiger partial charge is 0.394 e. The number of aliphatic hydroxyl groups excluding tert-OH is 1. The lowest BCUT2D eigenvalue weighted by atomic mass is 9.83. The van der Waals surface area contributed by atoms with Crippen molar-refractivity contribution in [2.24, 2.45) is 5.92 Å². The highest BCUT2D eigenvalue weighted by atomic mass is 127. The molecule has 3 atom stereocenters. The van der Waals surface area contributed by atoms with Crippen molar-refractivity contribution in [3.05, 3.63) is 109 Å². The summed E-state index contributed by atoms with van der Waals surface area (Å²) in [6, 6.07) is 21.2. The Hall–Kier alpha value is -2.53. The number of aliphatic hydroxyl groups is 2. The molecule has 0 spiro atoms. The Labute approximate surface area is 250 Å². The second-order valence-electron chi connectivity index (χ2n) is 10.2. The van der Waals surface area contributed by atoms with Crippen molar-refractivity contribution in [2.45, 2.75) is 44.5 Å². The van der Waals surface area contributed by atoms with Crippen LogP contribution in [0.25, 0.3) is 0 Å². The van der Waals surface area contributed by atoms with E-state index >= 15 is 0 Å². The molecule has 0 unspecified atom stereocenters. The third kappa shape index (κ3) is 5.44. The second-order valence-corrected chi connectivity index (χ2v) is 12.4. The van der Waals surface area contributed by atoms with Crippen LogP contribution in [-0.2, 0) is 34.7 Å². The standard InChI is InChI=1S/C31H30BrIN2O4/c1-20(5-4-8-29(37)34-18-23-7-3-2-6-22(23)15-26(34)19-36)31(39)27-16-24(32)11-14-28(27)35(30(31)38)17-21-9-12-25(33)13-10-21/h2-7,9-14,16,20,26,36,39H,8,15,17-19H2,1H3/b5-4+/t20-,26+,31+/m1/s1. The minimum atomic E-state index is -1.76. The summed E-state index contributed by atoms with van der Waals surface area (Å²) >= 11 is 5.73. The van der Waals surface area contributed by atoms with Crippen LogP contribution in [0.3, 0.4) is 0 Å². The predicted molar refractivity (Wildman–Crippen MR) is 163 cm³/mol. The number of halogens is 2. The van der Waals surface area contributed by atoms with E-state index < -0.39 is 11.5 Å². The van der Waals surface area contributed by atoms with Crippen molar-refractivity contribution in [2.75, 3.05) is 11.5 Å². The second kappa shape index (κ2) is 11.5. The topological polar surface area (TPSA) is 81.1 Å². The van der Waals surface area contributed by atoms with Crippen LogP contribution in [0.1, 0.15) is 35.6 Å². The first-order valence-electron chi connectivity index (χ1n) is 12.9. The number of carbonyl (C=O) groups is 2. The Kier molecular flexibility index (Phi) is 8.28. The zero-order valence-electron chi connectivity index (χ0n) is 21.6. The van der Waals surface area contributed by atoms with Gasteiger partial charge in [0.25, 0.3) is 5.91 Å². The summed E-state index contributed by atoms with van der Waals surface area (Å²) in [6.07, 6.45) is 4.22. The zero-order chi connectivity index (χ0) is 27.7. The van der Waals surface area contributed by atoms with E-state index in [4.69, 9.17) is 0 Å². The number of benzene rings is 3. The molecule has 0 aliphatic carbocycles. The Morgan fingerprint density at radius 1 is 1.15 bits per heavy atom. The van der Waals surface area contributed by atoms with E-state index in [2.05, 4.69) is 38.5 Å². The van der Waals surface area contributed by atoms with Crippen LogP contribution in [0.15, 0.2) is 83.4 Å². The number of rotatable bonds is 7. The first-order valence-corrected chi connectivity index (χ1v) is 14.8. The molecule has 3 aromatic carbocycles. The molecule has 202 valence electrons. The van der Waals surface area contributed by atoms with Gasteiger partial charge >= 0.3 is 0 Å². The van der Waals surface area contributed by atoms with Crippen molar-refractivity contribution in [3.63, 3.8) is 0 Å². The van der Waals surface area contributed by atoms with Crippen molar-refractivity contribution in [3.8, 4) is 0 Å². The molecule has 2 heterocycles. The molecule has 6 nitrogen and oxygen atoms in total. The van der Waals surface area contributed by atoms with Gasteiger partial charge in [-0.05, 0) is 76.0 Å². The molecule has 8 heteroatoms. The summed E-state index contributed by atoms with van der Waals surface area (Å²) in [5, 5.41) is 21.8. The maximum atomic E-state index is 13.8. The van der Waals surface area contributed by atoms with Crippen molar-refractivity contribution >= 4 is 56.0 Å². The highest BCUT2D eigenvalue weighted by molar-refractivity contribution is 14.1. The molecular weight excluding hydrogens is 671 g/mol. The Bertz CT molecular complexity index is 1430. The molecular formula is C31H30BrIN2O4. The monoisotopic (exact) mass is 700 g/mol. The predicted octanol–water partition coefficient (Wildman–Crippen LogP) is 5.32. The zero-order valence-corrected chi connectivity index (χ0v) is 25.3. The Morgan fingerprint density at radius 3 is 2.59 bits per heavy atom. The average molecular weight is 701 g/mol. The maximum Gasteiger partial charge on any atom is 0.264 e. The number of carbonyl (C=O) groups excluding carboxylic acids is 2. The van der Waals surface area contributed by atoms with Crippen LogP contribution in [0.2, 0.25) is 0 Å². The van der Waals surface area contributed by atoms with Gasteiger partial charge < -0.3 is 20.0 Å².